The fraction of sp³-hybridized carbons (Fsp3) is 0.297. The van der Waals surface area contributed by atoms with E-state index in [9.17, 15) is 14.4 Å². The number of nitrogens with zero attached hydrogens (tertiary/aromatic N) is 2. The van der Waals surface area contributed by atoms with E-state index in [1.54, 1.807) is 42.7 Å². The molecule has 1 aliphatic heterocycles. The molecule has 0 spiro atoms. The second kappa shape index (κ2) is 15.1. The number of fused-ring (bicyclic) bond motifs is 1. The van der Waals surface area contributed by atoms with Crippen molar-refractivity contribution in [2.75, 3.05) is 26.4 Å². The number of carbonyl (C=O) groups excluding carboxylic acids is 2. The molecule has 0 bridgehead atoms. The molecule has 1 aliphatic rings. The Morgan fingerprint density at radius 2 is 1.62 bits per heavy atom. The largest absolute Gasteiger partial charge is 0.490 e. The molecule has 0 fully saturated rings. The van der Waals surface area contributed by atoms with Crippen molar-refractivity contribution in [1.29, 1.82) is 0 Å². The zero-order chi connectivity index (χ0) is 33.5. The maximum atomic E-state index is 14.3. The van der Waals surface area contributed by atoms with Gasteiger partial charge in [-0.05, 0) is 61.6 Å². The van der Waals surface area contributed by atoms with E-state index in [1.807, 2.05) is 61.5 Å². The van der Waals surface area contributed by atoms with E-state index in [0.29, 0.717) is 50.2 Å². The summed E-state index contributed by atoms with van der Waals surface area (Å²) in [5.74, 6) is 0.120. The first kappa shape index (κ1) is 33.4. The van der Waals surface area contributed by atoms with Crippen molar-refractivity contribution in [1.82, 2.24) is 4.57 Å². The van der Waals surface area contributed by atoms with Crippen LogP contribution in [-0.4, -0.2) is 42.9 Å². The summed E-state index contributed by atoms with van der Waals surface area (Å²) in [5, 5.41) is 0. The molecule has 0 saturated carbocycles. The van der Waals surface area contributed by atoms with Gasteiger partial charge >= 0.3 is 11.9 Å². The fourth-order valence-corrected chi connectivity index (χ4v) is 6.31. The molecular formula is C37H38N2O7S. The molecule has 3 aromatic carbocycles. The van der Waals surface area contributed by atoms with Crippen LogP contribution in [0.4, 0.5) is 0 Å². The quantitative estimate of drug-likeness (QED) is 0.189. The van der Waals surface area contributed by atoms with E-state index >= 15 is 0 Å². The first-order valence-corrected chi connectivity index (χ1v) is 16.5. The predicted molar refractivity (Wildman–Crippen MR) is 181 cm³/mol. The third-order valence-corrected chi connectivity index (χ3v) is 8.49. The standard InChI is InChI=1S/C37H38N2O7S/c1-6-43-29-20-24(14-19-28(29)46-22-31(40)44-7-2)21-30-35(41)39-34(27-17-15-25(16-18-27)23(4)5)32(36(42)45-8-3)33(38-37(39)47-30)26-12-10-9-11-13-26/h9-21,23,34H,6-8,22H2,1-5H3/b30-21-/t34-/m0/s1. The molecule has 5 rings (SSSR count). The van der Waals surface area contributed by atoms with E-state index < -0.39 is 18.0 Å². The highest BCUT2D eigenvalue weighted by molar-refractivity contribution is 7.07. The molecular weight excluding hydrogens is 616 g/mol. The van der Waals surface area contributed by atoms with Crippen molar-refractivity contribution in [3.8, 4) is 11.5 Å². The number of thiazole rings is 1. The molecule has 1 aromatic heterocycles. The highest BCUT2D eigenvalue weighted by atomic mass is 32.1. The molecule has 0 aliphatic carbocycles. The Hall–Kier alpha value is -4.96. The molecule has 0 unspecified atom stereocenters. The van der Waals surface area contributed by atoms with Gasteiger partial charge in [-0.15, -0.1) is 0 Å². The van der Waals surface area contributed by atoms with Gasteiger partial charge in [0.05, 0.1) is 41.7 Å². The SMILES string of the molecule is CCOC(=O)COc1ccc(/C=c2\sc3n(c2=O)[C@@H](c2ccc(C(C)C)cc2)C(C(=O)OCC)=C(c2ccccc2)N=3)cc1OCC. The Kier molecular flexibility index (Phi) is 10.7. The van der Waals surface area contributed by atoms with Crippen LogP contribution in [-0.2, 0) is 19.1 Å². The van der Waals surface area contributed by atoms with Gasteiger partial charge in [0.15, 0.2) is 22.9 Å². The molecule has 0 amide bonds. The van der Waals surface area contributed by atoms with Gasteiger partial charge in [-0.3, -0.25) is 9.36 Å². The first-order chi connectivity index (χ1) is 22.7. The van der Waals surface area contributed by atoms with Crippen LogP contribution >= 0.6 is 11.3 Å². The molecule has 0 saturated heterocycles. The van der Waals surface area contributed by atoms with Gasteiger partial charge in [0.25, 0.3) is 5.56 Å². The summed E-state index contributed by atoms with van der Waals surface area (Å²) < 4.78 is 24.0. The number of rotatable bonds is 12. The zero-order valence-electron chi connectivity index (χ0n) is 27.1. The van der Waals surface area contributed by atoms with Crippen LogP contribution in [0.2, 0.25) is 0 Å². The molecule has 4 aromatic rings. The van der Waals surface area contributed by atoms with Gasteiger partial charge in [-0.1, -0.05) is 85.8 Å². The minimum atomic E-state index is -0.762. The monoisotopic (exact) mass is 654 g/mol. The van der Waals surface area contributed by atoms with Crippen LogP contribution in [0.25, 0.3) is 11.8 Å². The lowest BCUT2D eigenvalue weighted by atomic mass is 9.91. The molecule has 244 valence electrons. The first-order valence-electron chi connectivity index (χ1n) is 15.7. The van der Waals surface area contributed by atoms with Gasteiger partial charge < -0.3 is 18.9 Å². The van der Waals surface area contributed by atoms with Crippen LogP contribution in [0.15, 0.2) is 88.2 Å². The third-order valence-electron chi connectivity index (χ3n) is 7.51. The lowest BCUT2D eigenvalue weighted by molar-refractivity contribution is -0.145. The number of esters is 2. The van der Waals surface area contributed by atoms with Crippen LogP contribution < -0.4 is 24.4 Å². The maximum absolute atomic E-state index is 14.3. The second-order valence-electron chi connectivity index (χ2n) is 11.0. The van der Waals surface area contributed by atoms with Crippen molar-refractivity contribution in [3.05, 3.63) is 120 Å². The Labute approximate surface area is 277 Å². The highest BCUT2D eigenvalue weighted by Gasteiger charge is 2.35. The van der Waals surface area contributed by atoms with Gasteiger partial charge in [0, 0.05) is 5.56 Å². The molecule has 10 heteroatoms. The zero-order valence-corrected chi connectivity index (χ0v) is 28.0. The number of benzene rings is 3. The lowest BCUT2D eigenvalue weighted by Gasteiger charge is -2.26. The topological polar surface area (TPSA) is 105 Å². The summed E-state index contributed by atoms with van der Waals surface area (Å²) >= 11 is 1.24. The van der Waals surface area contributed by atoms with Crippen LogP contribution in [0.3, 0.4) is 0 Å². The Morgan fingerprint density at radius 3 is 2.28 bits per heavy atom. The second-order valence-corrected chi connectivity index (χ2v) is 12.0. The summed E-state index contributed by atoms with van der Waals surface area (Å²) in [4.78, 5) is 45.2. The van der Waals surface area contributed by atoms with Crippen molar-refractivity contribution >= 4 is 35.0 Å². The molecule has 0 N–H and O–H groups in total. The number of carbonyl (C=O) groups is 2. The van der Waals surface area contributed by atoms with Crippen molar-refractivity contribution in [2.45, 2.75) is 46.6 Å². The molecule has 0 radical (unpaired) electrons. The Bertz CT molecular complexity index is 1960. The van der Waals surface area contributed by atoms with Gasteiger partial charge in [0.2, 0.25) is 0 Å². The summed E-state index contributed by atoms with van der Waals surface area (Å²) in [7, 11) is 0. The summed E-state index contributed by atoms with van der Waals surface area (Å²) in [5.41, 5.74) is 3.83. The number of hydrogen-bond acceptors (Lipinski definition) is 9. The molecule has 1 atom stereocenters. The van der Waals surface area contributed by atoms with E-state index in [4.69, 9.17) is 23.9 Å². The molecule has 2 heterocycles. The van der Waals surface area contributed by atoms with E-state index in [-0.39, 0.29) is 25.4 Å². The summed E-state index contributed by atoms with van der Waals surface area (Å²) in [6.07, 6.45) is 1.76. The fourth-order valence-electron chi connectivity index (χ4n) is 5.31. The molecule has 9 nitrogen and oxygen atoms in total. The van der Waals surface area contributed by atoms with E-state index in [0.717, 1.165) is 16.7 Å². The summed E-state index contributed by atoms with van der Waals surface area (Å²) in [6, 6.07) is 21.9. The van der Waals surface area contributed by atoms with E-state index in [1.165, 1.54) is 11.3 Å². The van der Waals surface area contributed by atoms with Gasteiger partial charge in [-0.2, -0.15) is 0 Å². The van der Waals surface area contributed by atoms with E-state index in [2.05, 4.69) is 13.8 Å². The Morgan fingerprint density at radius 1 is 0.894 bits per heavy atom. The minimum Gasteiger partial charge on any atom is -0.490 e. The highest BCUT2D eigenvalue weighted by Crippen LogP contribution is 2.36. The van der Waals surface area contributed by atoms with Crippen LogP contribution in [0, 0.1) is 0 Å². The normalized spacial score (nSPS) is 14.4. The van der Waals surface area contributed by atoms with Gasteiger partial charge in [-0.25, -0.2) is 14.6 Å². The lowest BCUT2D eigenvalue weighted by Crippen LogP contribution is -2.40. The minimum absolute atomic E-state index is 0.176. The van der Waals surface area contributed by atoms with Crippen LogP contribution in [0.5, 0.6) is 11.5 Å². The number of aromatic nitrogens is 1. The van der Waals surface area contributed by atoms with Crippen molar-refractivity contribution in [3.63, 3.8) is 0 Å². The number of hydrogen-bond donors (Lipinski definition) is 0. The average molecular weight is 655 g/mol. The van der Waals surface area contributed by atoms with Crippen molar-refractivity contribution in [2.24, 2.45) is 4.99 Å². The number of ether oxygens (including phenoxy) is 4. The smallest absolute Gasteiger partial charge is 0.344 e. The Balaban J connectivity index is 1.68. The maximum Gasteiger partial charge on any atom is 0.344 e. The summed E-state index contributed by atoms with van der Waals surface area (Å²) in [6.45, 7) is 10.1. The third kappa shape index (κ3) is 7.38. The van der Waals surface area contributed by atoms with Crippen LogP contribution in [0.1, 0.15) is 68.8 Å². The molecule has 47 heavy (non-hydrogen) atoms. The van der Waals surface area contributed by atoms with Crippen molar-refractivity contribution < 1.29 is 28.5 Å². The predicted octanol–water partition coefficient (Wildman–Crippen LogP) is 5.40. The average Bonchev–Trinajstić information content (AvgIpc) is 3.38. The van der Waals surface area contributed by atoms with Gasteiger partial charge in [0.1, 0.15) is 0 Å².